The molecule has 0 aliphatic heterocycles. The summed E-state index contributed by atoms with van der Waals surface area (Å²) < 4.78 is 0. The lowest BCUT2D eigenvalue weighted by Gasteiger charge is -2.46. The zero-order chi connectivity index (χ0) is 15.3. The third-order valence-electron chi connectivity index (χ3n) is 4.71. The summed E-state index contributed by atoms with van der Waals surface area (Å²) in [6.45, 7) is 10.3. The fourth-order valence-electron chi connectivity index (χ4n) is 3.00. The molecule has 0 saturated heterocycles. The molecule has 5 heteroatoms. The van der Waals surface area contributed by atoms with Crippen molar-refractivity contribution in [1.29, 1.82) is 0 Å². The zero-order valence-corrected chi connectivity index (χ0v) is 12.6. The summed E-state index contributed by atoms with van der Waals surface area (Å²) in [6.07, 6.45) is 3.08. The molecule has 3 unspecified atom stereocenters. The molecule has 1 amide bonds. The van der Waals surface area contributed by atoms with Crippen molar-refractivity contribution in [2.45, 2.75) is 39.7 Å². The van der Waals surface area contributed by atoms with Gasteiger partial charge in [-0.1, -0.05) is 26.8 Å². The van der Waals surface area contributed by atoms with E-state index < -0.39 is 5.97 Å². The Morgan fingerprint density at radius 3 is 2.60 bits per heavy atom. The van der Waals surface area contributed by atoms with Crippen LogP contribution in [0.4, 0.5) is 0 Å². The maximum Gasteiger partial charge on any atom is 0.307 e. The average Bonchev–Trinajstić information content (AvgIpc) is 2.37. The van der Waals surface area contributed by atoms with E-state index in [4.69, 9.17) is 0 Å². The number of aliphatic carboxylic acids is 1. The van der Waals surface area contributed by atoms with Gasteiger partial charge in [-0.3, -0.25) is 9.59 Å². The Morgan fingerprint density at radius 1 is 1.40 bits per heavy atom. The van der Waals surface area contributed by atoms with Crippen LogP contribution in [0.5, 0.6) is 0 Å². The van der Waals surface area contributed by atoms with E-state index in [9.17, 15) is 14.7 Å². The number of rotatable bonds is 6. The molecular formula is C15H26N2O3. The van der Waals surface area contributed by atoms with Gasteiger partial charge in [0.2, 0.25) is 5.91 Å². The Kier molecular flexibility index (Phi) is 5.74. The fraction of sp³-hybridized carbons (Fsp3) is 0.733. The van der Waals surface area contributed by atoms with Gasteiger partial charge in [-0.2, -0.15) is 0 Å². The van der Waals surface area contributed by atoms with Crippen molar-refractivity contribution in [3.63, 3.8) is 0 Å². The van der Waals surface area contributed by atoms with E-state index in [0.29, 0.717) is 13.0 Å². The second-order valence-electron chi connectivity index (χ2n) is 6.16. The Bertz CT molecular complexity index is 379. The molecule has 1 fully saturated rings. The molecule has 1 saturated carbocycles. The molecule has 1 aliphatic rings. The third-order valence-corrected chi connectivity index (χ3v) is 4.71. The lowest BCUT2D eigenvalue weighted by atomic mass is 9.61. The number of carboxylic acids is 1. The number of carboxylic acid groups (broad SMARTS) is 1. The minimum absolute atomic E-state index is 0.0599. The standard InChI is InChI=1S/C15H26N2O3/c1-5-8-16-13(18)9-17-12-7-6-11(14(19)20)15(3,4)10(12)2/h5,10-12,17H,1,6-9H2,2-4H3,(H,16,18)(H,19,20). The smallest absolute Gasteiger partial charge is 0.307 e. The minimum Gasteiger partial charge on any atom is -0.481 e. The number of hydrogen-bond donors (Lipinski definition) is 3. The molecule has 0 aromatic heterocycles. The predicted molar refractivity (Wildman–Crippen MR) is 78.3 cm³/mol. The van der Waals surface area contributed by atoms with E-state index in [1.54, 1.807) is 6.08 Å². The second kappa shape index (κ2) is 6.88. The number of hydrogen-bond acceptors (Lipinski definition) is 3. The summed E-state index contributed by atoms with van der Waals surface area (Å²) >= 11 is 0. The lowest BCUT2D eigenvalue weighted by Crippen LogP contribution is -2.52. The molecule has 0 heterocycles. The summed E-state index contributed by atoms with van der Waals surface area (Å²) in [5.41, 5.74) is -0.278. The average molecular weight is 282 g/mol. The van der Waals surface area contributed by atoms with Crippen LogP contribution in [0.2, 0.25) is 0 Å². The first-order valence-corrected chi connectivity index (χ1v) is 7.14. The monoisotopic (exact) mass is 282 g/mol. The van der Waals surface area contributed by atoms with Gasteiger partial charge in [0.25, 0.3) is 0 Å². The highest BCUT2D eigenvalue weighted by molar-refractivity contribution is 5.78. The molecule has 5 nitrogen and oxygen atoms in total. The normalized spacial score (nSPS) is 28.6. The molecule has 20 heavy (non-hydrogen) atoms. The topological polar surface area (TPSA) is 78.4 Å². The van der Waals surface area contributed by atoms with Crippen LogP contribution < -0.4 is 10.6 Å². The number of amides is 1. The number of carbonyl (C=O) groups is 2. The fourth-order valence-corrected chi connectivity index (χ4v) is 3.00. The second-order valence-corrected chi connectivity index (χ2v) is 6.16. The van der Waals surface area contributed by atoms with Crippen molar-refractivity contribution in [1.82, 2.24) is 10.6 Å². The summed E-state index contributed by atoms with van der Waals surface area (Å²) in [5.74, 6) is -0.894. The van der Waals surface area contributed by atoms with Gasteiger partial charge in [-0.25, -0.2) is 0 Å². The molecular weight excluding hydrogens is 256 g/mol. The first kappa shape index (κ1) is 16.7. The summed E-state index contributed by atoms with van der Waals surface area (Å²) in [7, 11) is 0. The number of nitrogens with one attached hydrogen (secondary N) is 2. The molecule has 3 atom stereocenters. The Labute approximate surface area is 120 Å². The van der Waals surface area contributed by atoms with Crippen LogP contribution in [-0.4, -0.2) is 36.1 Å². The van der Waals surface area contributed by atoms with Crippen molar-refractivity contribution < 1.29 is 14.7 Å². The quantitative estimate of drug-likeness (QED) is 0.644. The molecule has 0 spiro atoms. The molecule has 0 radical (unpaired) electrons. The Balaban J connectivity index is 2.55. The van der Waals surface area contributed by atoms with Crippen molar-refractivity contribution in [3.05, 3.63) is 12.7 Å². The Morgan fingerprint density at radius 2 is 2.05 bits per heavy atom. The van der Waals surface area contributed by atoms with Gasteiger partial charge in [0.15, 0.2) is 0 Å². The van der Waals surface area contributed by atoms with Crippen molar-refractivity contribution >= 4 is 11.9 Å². The SMILES string of the molecule is C=CCNC(=O)CNC1CCC(C(=O)O)C(C)(C)C1C. The van der Waals surface area contributed by atoms with Crippen molar-refractivity contribution in [2.75, 3.05) is 13.1 Å². The van der Waals surface area contributed by atoms with E-state index in [2.05, 4.69) is 24.1 Å². The maximum atomic E-state index is 11.6. The van der Waals surface area contributed by atoms with Gasteiger partial charge in [-0.05, 0) is 24.2 Å². The molecule has 3 N–H and O–H groups in total. The van der Waals surface area contributed by atoms with Gasteiger partial charge < -0.3 is 15.7 Å². The van der Waals surface area contributed by atoms with Crippen molar-refractivity contribution in [2.24, 2.45) is 17.3 Å². The first-order valence-electron chi connectivity index (χ1n) is 7.14. The highest BCUT2D eigenvalue weighted by Gasteiger charge is 2.46. The van der Waals surface area contributed by atoms with E-state index in [1.165, 1.54) is 0 Å². The van der Waals surface area contributed by atoms with Crippen LogP contribution in [-0.2, 0) is 9.59 Å². The van der Waals surface area contributed by atoms with Crippen molar-refractivity contribution in [3.8, 4) is 0 Å². The van der Waals surface area contributed by atoms with Crippen LogP contribution in [0.15, 0.2) is 12.7 Å². The largest absolute Gasteiger partial charge is 0.481 e. The van der Waals surface area contributed by atoms with Gasteiger partial charge in [-0.15, -0.1) is 6.58 Å². The summed E-state index contributed by atoms with van der Waals surface area (Å²) in [6, 6.07) is 0.176. The van der Waals surface area contributed by atoms with Crippen LogP contribution in [0.3, 0.4) is 0 Å². The van der Waals surface area contributed by atoms with Crippen LogP contribution >= 0.6 is 0 Å². The highest BCUT2D eigenvalue weighted by Crippen LogP contribution is 2.44. The first-order chi connectivity index (χ1) is 9.30. The summed E-state index contributed by atoms with van der Waals surface area (Å²) in [4.78, 5) is 22.9. The summed E-state index contributed by atoms with van der Waals surface area (Å²) in [5, 5.41) is 15.3. The van der Waals surface area contributed by atoms with Crippen LogP contribution in [0.1, 0.15) is 33.6 Å². The molecule has 1 rings (SSSR count). The molecule has 0 bridgehead atoms. The van der Waals surface area contributed by atoms with E-state index in [-0.39, 0.29) is 35.7 Å². The van der Waals surface area contributed by atoms with E-state index in [1.807, 2.05) is 13.8 Å². The Hall–Kier alpha value is -1.36. The van der Waals surface area contributed by atoms with E-state index >= 15 is 0 Å². The molecule has 1 aliphatic carbocycles. The van der Waals surface area contributed by atoms with Gasteiger partial charge in [0.1, 0.15) is 0 Å². The van der Waals surface area contributed by atoms with Crippen LogP contribution in [0.25, 0.3) is 0 Å². The molecule has 114 valence electrons. The maximum absolute atomic E-state index is 11.6. The van der Waals surface area contributed by atoms with Crippen LogP contribution in [0, 0.1) is 17.3 Å². The third kappa shape index (κ3) is 3.82. The molecule has 0 aromatic carbocycles. The highest BCUT2D eigenvalue weighted by atomic mass is 16.4. The predicted octanol–water partition coefficient (Wildman–Crippen LogP) is 1.40. The zero-order valence-electron chi connectivity index (χ0n) is 12.6. The van der Waals surface area contributed by atoms with Gasteiger partial charge >= 0.3 is 5.97 Å². The minimum atomic E-state index is -0.718. The number of carbonyl (C=O) groups excluding carboxylic acids is 1. The van der Waals surface area contributed by atoms with Gasteiger partial charge in [0, 0.05) is 12.6 Å². The van der Waals surface area contributed by atoms with Gasteiger partial charge in [0.05, 0.1) is 12.5 Å². The molecule has 0 aromatic rings. The van der Waals surface area contributed by atoms with E-state index in [0.717, 1.165) is 6.42 Å². The lowest BCUT2D eigenvalue weighted by molar-refractivity contribution is -0.150.